The Balaban J connectivity index is 2.21. The standard InChI is InChI=1S/C13H22N4O3S/c1-5-20-12(18)11-10-9(15-16-11)8(6-7-14-10)17-21(19)13(2,3)4/h8,14,17H,5-7H2,1-4H3,(H,15,16)/t8-,21-/m1/s1. The highest BCUT2D eigenvalue weighted by Crippen LogP contribution is 2.31. The van der Waals surface area contributed by atoms with Crippen LogP contribution < -0.4 is 10.0 Å². The van der Waals surface area contributed by atoms with Crippen molar-refractivity contribution < 1.29 is 13.7 Å². The number of nitrogens with one attached hydrogen (secondary N) is 3. The van der Waals surface area contributed by atoms with Crippen molar-refractivity contribution in [2.24, 2.45) is 0 Å². The van der Waals surface area contributed by atoms with Crippen molar-refractivity contribution in [3.63, 3.8) is 0 Å². The molecule has 1 aromatic heterocycles. The Morgan fingerprint density at radius 3 is 2.86 bits per heavy atom. The quantitative estimate of drug-likeness (QED) is 0.732. The van der Waals surface area contributed by atoms with E-state index in [-0.39, 0.29) is 16.5 Å². The van der Waals surface area contributed by atoms with E-state index in [9.17, 15) is 9.00 Å². The number of aromatic amines is 1. The molecule has 0 amide bonds. The van der Waals surface area contributed by atoms with Gasteiger partial charge in [-0.1, -0.05) is 0 Å². The summed E-state index contributed by atoms with van der Waals surface area (Å²) in [6.07, 6.45) is 0.763. The maximum Gasteiger partial charge on any atom is 0.361 e. The summed E-state index contributed by atoms with van der Waals surface area (Å²) in [4.78, 5) is 11.8. The van der Waals surface area contributed by atoms with Crippen molar-refractivity contribution in [2.75, 3.05) is 18.5 Å². The Hall–Kier alpha value is -1.41. The van der Waals surface area contributed by atoms with Gasteiger partial charge in [-0.25, -0.2) is 13.7 Å². The number of hydrogen-bond donors (Lipinski definition) is 3. The van der Waals surface area contributed by atoms with Gasteiger partial charge in [-0.05, 0) is 34.1 Å². The van der Waals surface area contributed by atoms with Crippen molar-refractivity contribution in [2.45, 2.75) is 44.9 Å². The van der Waals surface area contributed by atoms with Gasteiger partial charge in [0.1, 0.15) is 0 Å². The van der Waals surface area contributed by atoms with Crippen LogP contribution in [-0.4, -0.2) is 38.3 Å². The summed E-state index contributed by atoms with van der Waals surface area (Å²) in [6, 6.07) is -0.128. The Morgan fingerprint density at radius 1 is 1.52 bits per heavy atom. The molecule has 21 heavy (non-hydrogen) atoms. The average molecular weight is 314 g/mol. The number of anilines is 1. The van der Waals surface area contributed by atoms with Gasteiger partial charge >= 0.3 is 5.97 Å². The molecule has 8 heteroatoms. The zero-order chi connectivity index (χ0) is 15.6. The molecule has 0 radical (unpaired) electrons. The zero-order valence-electron chi connectivity index (χ0n) is 12.8. The van der Waals surface area contributed by atoms with Crippen molar-refractivity contribution in [1.82, 2.24) is 14.9 Å². The summed E-state index contributed by atoms with van der Waals surface area (Å²) in [5, 5.41) is 10.1. The van der Waals surface area contributed by atoms with E-state index in [1.165, 1.54) is 0 Å². The minimum Gasteiger partial charge on any atom is -0.461 e. The molecule has 0 saturated carbocycles. The fourth-order valence-electron chi connectivity index (χ4n) is 2.04. The number of ether oxygens (including phenoxy) is 1. The molecule has 0 fully saturated rings. The average Bonchev–Trinajstić information content (AvgIpc) is 2.82. The Labute approximate surface area is 126 Å². The smallest absolute Gasteiger partial charge is 0.361 e. The van der Waals surface area contributed by atoms with Gasteiger partial charge in [0.15, 0.2) is 5.69 Å². The molecule has 0 aromatic carbocycles. The van der Waals surface area contributed by atoms with Crippen LogP contribution in [0.5, 0.6) is 0 Å². The van der Waals surface area contributed by atoms with Gasteiger partial charge in [-0.2, -0.15) is 5.10 Å². The molecule has 2 atom stereocenters. The van der Waals surface area contributed by atoms with Crippen LogP contribution in [0, 0.1) is 0 Å². The third-order valence-corrected chi connectivity index (χ3v) is 4.76. The van der Waals surface area contributed by atoms with E-state index in [1.54, 1.807) is 6.92 Å². The fourth-order valence-corrected chi connectivity index (χ4v) is 2.89. The maximum absolute atomic E-state index is 12.2. The number of carbonyl (C=O) groups is 1. The van der Waals surface area contributed by atoms with Crippen LogP contribution in [0.4, 0.5) is 5.69 Å². The predicted octanol–water partition coefficient (Wildman–Crippen LogP) is 1.49. The normalized spacial score (nSPS) is 19.5. The second-order valence-corrected chi connectivity index (χ2v) is 7.85. The third-order valence-electron chi connectivity index (χ3n) is 3.15. The molecule has 2 rings (SSSR count). The van der Waals surface area contributed by atoms with E-state index in [0.29, 0.717) is 18.8 Å². The number of hydrogen-bond acceptors (Lipinski definition) is 5. The highest BCUT2D eigenvalue weighted by atomic mass is 32.2. The molecular formula is C13H22N4O3S. The van der Waals surface area contributed by atoms with Gasteiger partial charge in [0, 0.05) is 6.54 Å². The molecule has 7 nitrogen and oxygen atoms in total. The maximum atomic E-state index is 12.2. The van der Waals surface area contributed by atoms with Crippen LogP contribution in [0.3, 0.4) is 0 Å². The molecule has 3 N–H and O–H groups in total. The van der Waals surface area contributed by atoms with Gasteiger partial charge in [0.05, 0.1) is 39.8 Å². The van der Waals surface area contributed by atoms with Crippen LogP contribution in [0.15, 0.2) is 0 Å². The molecule has 0 bridgehead atoms. The summed E-state index contributed by atoms with van der Waals surface area (Å²) < 4.78 is 20.0. The number of esters is 1. The highest BCUT2D eigenvalue weighted by Gasteiger charge is 2.31. The van der Waals surface area contributed by atoms with E-state index in [1.807, 2.05) is 20.8 Å². The number of aromatic nitrogens is 2. The lowest BCUT2D eigenvalue weighted by Crippen LogP contribution is -2.38. The lowest BCUT2D eigenvalue weighted by Gasteiger charge is -2.27. The first kappa shape index (κ1) is 16.0. The molecule has 1 aliphatic heterocycles. The van der Waals surface area contributed by atoms with Gasteiger partial charge in [-0.3, -0.25) is 5.10 Å². The molecule has 0 unspecified atom stereocenters. The van der Waals surface area contributed by atoms with Gasteiger partial charge in [0.25, 0.3) is 0 Å². The first-order chi connectivity index (χ1) is 9.84. The van der Waals surface area contributed by atoms with Crippen LogP contribution in [-0.2, 0) is 15.7 Å². The van der Waals surface area contributed by atoms with Crippen LogP contribution in [0.25, 0.3) is 0 Å². The number of nitrogens with zero attached hydrogens (tertiary/aromatic N) is 1. The van der Waals surface area contributed by atoms with Gasteiger partial charge < -0.3 is 10.1 Å². The largest absolute Gasteiger partial charge is 0.461 e. The van der Waals surface area contributed by atoms with E-state index in [0.717, 1.165) is 12.1 Å². The monoisotopic (exact) mass is 314 g/mol. The summed E-state index contributed by atoms with van der Waals surface area (Å²) in [5.74, 6) is -0.458. The molecule has 2 heterocycles. The van der Waals surface area contributed by atoms with E-state index in [4.69, 9.17) is 4.74 Å². The molecule has 0 saturated heterocycles. The third kappa shape index (κ3) is 3.44. The van der Waals surface area contributed by atoms with Crippen LogP contribution in [0.1, 0.15) is 56.3 Å². The van der Waals surface area contributed by atoms with Crippen molar-refractivity contribution >= 4 is 22.6 Å². The number of fused-ring (bicyclic) bond motifs is 1. The number of rotatable bonds is 4. The summed E-state index contributed by atoms with van der Waals surface area (Å²) in [6.45, 7) is 8.47. The minimum atomic E-state index is -1.19. The summed E-state index contributed by atoms with van der Waals surface area (Å²) in [5.41, 5.74) is 1.64. The minimum absolute atomic E-state index is 0.128. The van der Waals surface area contributed by atoms with E-state index < -0.39 is 17.0 Å². The molecule has 0 spiro atoms. The summed E-state index contributed by atoms with van der Waals surface area (Å²) >= 11 is 0. The van der Waals surface area contributed by atoms with Crippen molar-refractivity contribution in [1.29, 1.82) is 0 Å². The van der Waals surface area contributed by atoms with Crippen LogP contribution in [0.2, 0.25) is 0 Å². The molecule has 0 aliphatic carbocycles. The van der Waals surface area contributed by atoms with Gasteiger partial charge in [0.2, 0.25) is 0 Å². The summed E-state index contributed by atoms with van der Waals surface area (Å²) in [7, 11) is -1.19. The van der Waals surface area contributed by atoms with E-state index >= 15 is 0 Å². The lowest BCUT2D eigenvalue weighted by molar-refractivity contribution is 0.0520. The van der Waals surface area contributed by atoms with Crippen molar-refractivity contribution in [3.05, 3.63) is 11.4 Å². The first-order valence-electron chi connectivity index (χ1n) is 7.02. The zero-order valence-corrected chi connectivity index (χ0v) is 13.6. The molecule has 118 valence electrons. The predicted molar refractivity (Wildman–Crippen MR) is 81.4 cm³/mol. The SMILES string of the molecule is CCOC(=O)c1n[nH]c2c1NCC[C@H]2N[S@](=O)C(C)(C)C. The Morgan fingerprint density at radius 2 is 2.24 bits per heavy atom. The topological polar surface area (TPSA) is 96.1 Å². The van der Waals surface area contributed by atoms with Crippen LogP contribution >= 0.6 is 0 Å². The molecule has 1 aromatic rings. The van der Waals surface area contributed by atoms with Crippen molar-refractivity contribution in [3.8, 4) is 0 Å². The highest BCUT2D eigenvalue weighted by molar-refractivity contribution is 7.84. The Bertz CT molecular complexity index is 550. The van der Waals surface area contributed by atoms with Gasteiger partial charge in [-0.15, -0.1) is 0 Å². The molecular weight excluding hydrogens is 292 g/mol. The lowest BCUT2D eigenvalue weighted by atomic mass is 10.1. The Kier molecular flexibility index (Phi) is 4.67. The number of carbonyl (C=O) groups excluding carboxylic acids is 1. The second kappa shape index (κ2) is 6.15. The second-order valence-electron chi connectivity index (χ2n) is 5.85. The first-order valence-corrected chi connectivity index (χ1v) is 8.17. The number of H-pyrrole nitrogens is 1. The van der Waals surface area contributed by atoms with E-state index in [2.05, 4.69) is 20.2 Å². The molecule has 1 aliphatic rings. The fraction of sp³-hybridized carbons (Fsp3) is 0.692.